The molecule has 0 bridgehead atoms. The van der Waals surface area contributed by atoms with Crippen molar-refractivity contribution in [3.63, 3.8) is 0 Å². The minimum Gasteiger partial charge on any atom is -0.493 e. The SMILES string of the molecule is COc1ccc(CCNCCC(=O)Nc2ccc(C(F)(F)F)cc2)cc1OC. The number of alkyl halides is 3. The minimum absolute atomic E-state index is 0.215. The fourth-order valence-corrected chi connectivity index (χ4v) is 2.56. The molecule has 2 aromatic carbocycles. The number of rotatable bonds is 9. The lowest BCUT2D eigenvalue weighted by Crippen LogP contribution is -2.23. The molecule has 5 nitrogen and oxygen atoms in total. The van der Waals surface area contributed by atoms with Gasteiger partial charge in [-0.3, -0.25) is 4.79 Å². The summed E-state index contributed by atoms with van der Waals surface area (Å²) in [6.07, 6.45) is -3.42. The van der Waals surface area contributed by atoms with Gasteiger partial charge in [-0.2, -0.15) is 13.2 Å². The van der Waals surface area contributed by atoms with Gasteiger partial charge in [0.25, 0.3) is 0 Å². The van der Waals surface area contributed by atoms with Crippen LogP contribution < -0.4 is 20.1 Å². The van der Waals surface area contributed by atoms with Gasteiger partial charge in [-0.15, -0.1) is 0 Å². The van der Waals surface area contributed by atoms with E-state index in [4.69, 9.17) is 9.47 Å². The van der Waals surface area contributed by atoms with Crippen LogP contribution in [0.4, 0.5) is 18.9 Å². The first-order chi connectivity index (χ1) is 13.3. The monoisotopic (exact) mass is 396 g/mol. The maximum Gasteiger partial charge on any atom is 0.416 e. The summed E-state index contributed by atoms with van der Waals surface area (Å²) in [6, 6.07) is 10.0. The fourth-order valence-electron chi connectivity index (χ4n) is 2.56. The van der Waals surface area contributed by atoms with Crippen molar-refractivity contribution in [2.45, 2.75) is 19.0 Å². The Labute approximate surface area is 161 Å². The predicted octanol–water partition coefficient (Wildman–Crippen LogP) is 3.88. The summed E-state index contributed by atoms with van der Waals surface area (Å²) >= 11 is 0. The van der Waals surface area contributed by atoms with E-state index in [-0.39, 0.29) is 12.3 Å². The van der Waals surface area contributed by atoms with E-state index in [0.29, 0.717) is 30.3 Å². The van der Waals surface area contributed by atoms with Gasteiger partial charge in [0.05, 0.1) is 19.8 Å². The smallest absolute Gasteiger partial charge is 0.416 e. The van der Waals surface area contributed by atoms with Crippen molar-refractivity contribution in [1.29, 1.82) is 0 Å². The summed E-state index contributed by atoms with van der Waals surface area (Å²) < 4.78 is 48.0. The van der Waals surface area contributed by atoms with Crippen molar-refractivity contribution in [3.05, 3.63) is 53.6 Å². The molecule has 0 atom stereocenters. The van der Waals surface area contributed by atoms with Crippen molar-refractivity contribution in [2.75, 3.05) is 32.6 Å². The first-order valence-electron chi connectivity index (χ1n) is 8.72. The molecule has 0 spiro atoms. The summed E-state index contributed by atoms with van der Waals surface area (Å²) in [6.45, 7) is 1.13. The van der Waals surface area contributed by atoms with Crippen molar-refractivity contribution in [2.24, 2.45) is 0 Å². The van der Waals surface area contributed by atoms with E-state index >= 15 is 0 Å². The Morgan fingerprint density at radius 3 is 2.25 bits per heavy atom. The number of halogens is 3. The maximum absolute atomic E-state index is 12.5. The molecule has 0 heterocycles. The molecule has 0 aliphatic rings. The van der Waals surface area contributed by atoms with Gasteiger partial charge >= 0.3 is 6.18 Å². The molecule has 0 saturated heterocycles. The number of ether oxygens (including phenoxy) is 2. The molecule has 2 rings (SSSR count). The normalized spacial score (nSPS) is 11.2. The van der Waals surface area contributed by atoms with E-state index in [1.165, 1.54) is 12.1 Å². The second-order valence-corrected chi connectivity index (χ2v) is 6.06. The van der Waals surface area contributed by atoms with Gasteiger partial charge in [0, 0.05) is 18.7 Å². The lowest BCUT2D eigenvalue weighted by atomic mass is 10.1. The molecule has 8 heteroatoms. The van der Waals surface area contributed by atoms with Crippen LogP contribution in [0.5, 0.6) is 11.5 Å². The Hall–Kier alpha value is -2.74. The van der Waals surface area contributed by atoms with E-state index in [2.05, 4.69) is 10.6 Å². The van der Waals surface area contributed by atoms with Crippen LogP contribution in [0.15, 0.2) is 42.5 Å². The third kappa shape index (κ3) is 6.45. The number of nitrogens with one attached hydrogen (secondary N) is 2. The number of carbonyl (C=O) groups is 1. The molecule has 0 radical (unpaired) electrons. The van der Waals surface area contributed by atoms with Crippen LogP contribution in [0.1, 0.15) is 17.5 Å². The molecule has 152 valence electrons. The highest BCUT2D eigenvalue weighted by atomic mass is 19.4. The van der Waals surface area contributed by atoms with Crippen LogP contribution in [0.25, 0.3) is 0 Å². The van der Waals surface area contributed by atoms with Crippen molar-refractivity contribution >= 4 is 11.6 Å². The zero-order valence-corrected chi connectivity index (χ0v) is 15.7. The number of benzene rings is 2. The average Bonchev–Trinajstić information content (AvgIpc) is 2.67. The summed E-state index contributed by atoms with van der Waals surface area (Å²) in [5.41, 5.74) is 0.657. The Bertz CT molecular complexity index is 777. The molecular weight excluding hydrogens is 373 g/mol. The van der Waals surface area contributed by atoms with Gasteiger partial charge in [-0.1, -0.05) is 6.07 Å². The predicted molar refractivity (Wildman–Crippen MR) is 101 cm³/mol. The molecule has 0 unspecified atom stereocenters. The van der Waals surface area contributed by atoms with E-state index < -0.39 is 11.7 Å². The Kier molecular flexibility index (Phi) is 7.69. The first kappa shape index (κ1) is 21.6. The van der Waals surface area contributed by atoms with Gasteiger partial charge < -0.3 is 20.1 Å². The summed E-state index contributed by atoms with van der Waals surface area (Å²) in [7, 11) is 3.16. The fraction of sp³-hybridized carbons (Fsp3) is 0.350. The summed E-state index contributed by atoms with van der Waals surface area (Å²) in [5.74, 6) is 1.06. The number of amides is 1. The van der Waals surface area contributed by atoms with Crippen LogP contribution in [0, 0.1) is 0 Å². The van der Waals surface area contributed by atoms with Gasteiger partial charge in [0.2, 0.25) is 5.91 Å². The number of anilines is 1. The highest BCUT2D eigenvalue weighted by Gasteiger charge is 2.29. The van der Waals surface area contributed by atoms with Crippen LogP contribution in [-0.2, 0) is 17.4 Å². The average molecular weight is 396 g/mol. The number of methoxy groups -OCH3 is 2. The molecule has 2 aromatic rings. The van der Waals surface area contributed by atoms with Crippen LogP contribution in [0.2, 0.25) is 0 Å². The molecule has 0 aliphatic carbocycles. The topological polar surface area (TPSA) is 59.6 Å². The summed E-state index contributed by atoms with van der Waals surface area (Å²) in [5, 5.41) is 5.74. The highest BCUT2D eigenvalue weighted by Crippen LogP contribution is 2.30. The molecular formula is C20H23F3N2O3. The van der Waals surface area contributed by atoms with E-state index in [1.54, 1.807) is 14.2 Å². The Morgan fingerprint density at radius 2 is 1.64 bits per heavy atom. The molecule has 0 aromatic heterocycles. The zero-order chi connectivity index (χ0) is 20.6. The third-order valence-corrected chi connectivity index (χ3v) is 4.06. The van der Waals surface area contributed by atoms with Crippen molar-refractivity contribution in [1.82, 2.24) is 5.32 Å². The largest absolute Gasteiger partial charge is 0.493 e. The highest BCUT2D eigenvalue weighted by molar-refractivity contribution is 5.90. The van der Waals surface area contributed by atoms with E-state index in [0.717, 1.165) is 24.1 Å². The van der Waals surface area contributed by atoms with Gasteiger partial charge in [-0.25, -0.2) is 0 Å². The molecule has 2 N–H and O–H groups in total. The lowest BCUT2D eigenvalue weighted by molar-refractivity contribution is -0.137. The quantitative estimate of drug-likeness (QED) is 0.632. The third-order valence-electron chi connectivity index (χ3n) is 4.06. The van der Waals surface area contributed by atoms with Crippen molar-refractivity contribution < 1.29 is 27.4 Å². The zero-order valence-electron chi connectivity index (χ0n) is 15.7. The van der Waals surface area contributed by atoms with Crippen LogP contribution >= 0.6 is 0 Å². The lowest BCUT2D eigenvalue weighted by Gasteiger charge is -2.10. The maximum atomic E-state index is 12.5. The van der Waals surface area contributed by atoms with Gasteiger partial charge in [0.1, 0.15) is 0 Å². The van der Waals surface area contributed by atoms with E-state index in [1.807, 2.05) is 18.2 Å². The first-order valence-corrected chi connectivity index (χ1v) is 8.72. The molecule has 0 saturated carbocycles. The summed E-state index contributed by atoms with van der Waals surface area (Å²) in [4.78, 5) is 11.9. The van der Waals surface area contributed by atoms with Gasteiger partial charge in [0.15, 0.2) is 11.5 Å². The Balaban J connectivity index is 1.70. The number of hydrogen-bond acceptors (Lipinski definition) is 4. The molecule has 1 amide bonds. The van der Waals surface area contributed by atoms with Crippen LogP contribution in [0.3, 0.4) is 0 Å². The molecule has 28 heavy (non-hydrogen) atoms. The molecule has 0 aliphatic heterocycles. The van der Waals surface area contributed by atoms with E-state index in [9.17, 15) is 18.0 Å². The van der Waals surface area contributed by atoms with Crippen molar-refractivity contribution in [3.8, 4) is 11.5 Å². The Morgan fingerprint density at radius 1 is 0.964 bits per heavy atom. The standard InChI is InChI=1S/C20H23F3N2O3/c1-27-17-8-3-14(13-18(17)28-2)9-11-24-12-10-19(26)25-16-6-4-15(5-7-16)20(21,22)23/h3-8,13,24H,9-12H2,1-2H3,(H,25,26). The second kappa shape index (κ2) is 9.98. The number of hydrogen-bond donors (Lipinski definition) is 2. The minimum atomic E-state index is -4.39. The van der Waals surface area contributed by atoms with Gasteiger partial charge in [-0.05, 0) is 54.9 Å². The second-order valence-electron chi connectivity index (χ2n) is 6.06. The van der Waals surface area contributed by atoms with Crippen LogP contribution in [-0.4, -0.2) is 33.2 Å². The molecule has 0 fully saturated rings. The number of carbonyl (C=O) groups excluding carboxylic acids is 1.